The number of allylic oxidation sites excluding steroid dienone is 4. The van der Waals surface area contributed by atoms with Crippen LogP contribution in [0.3, 0.4) is 0 Å². The molecule has 1 unspecified atom stereocenters. The van der Waals surface area contributed by atoms with E-state index in [2.05, 4.69) is 6.07 Å². The van der Waals surface area contributed by atoms with E-state index in [1.54, 1.807) is 14.6 Å². The minimum atomic E-state index is 0.0454. The second-order valence-corrected chi connectivity index (χ2v) is 2.39. The maximum absolute atomic E-state index is 8.54. The van der Waals surface area contributed by atoms with Crippen molar-refractivity contribution in [3.8, 4) is 6.07 Å². The van der Waals surface area contributed by atoms with Crippen LogP contribution >= 0.6 is 0 Å². The van der Waals surface area contributed by atoms with Crippen LogP contribution in [0.5, 0.6) is 0 Å². The normalized spacial score (nSPS) is 22.2. The first-order valence-electron chi connectivity index (χ1n) is 3.51. The van der Waals surface area contributed by atoms with Crippen molar-refractivity contribution in [2.45, 2.75) is 6.42 Å². The fourth-order valence-corrected chi connectivity index (χ4v) is 0.956. The molecular weight excluding hydrogens is 137 g/mol. The summed E-state index contributed by atoms with van der Waals surface area (Å²) < 4.78 is 4.82. The van der Waals surface area contributed by atoms with Gasteiger partial charge in [-0.2, -0.15) is 5.26 Å². The molecule has 0 aliphatic heterocycles. The molecule has 0 aromatic rings. The predicted octanol–water partition coefficient (Wildman–Crippen LogP) is 1.24. The number of nitrogens with zero attached hydrogens (tertiary/aromatic N) is 1. The Labute approximate surface area is 67.4 Å². The fraction of sp³-hybridized carbons (Fsp3) is 0.375. The molecule has 0 saturated carbocycles. The highest BCUT2D eigenvalue weighted by Gasteiger charge is 2.07. The lowest BCUT2D eigenvalue weighted by molar-refractivity contribution is 0.447. The van der Waals surface area contributed by atoms with Gasteiger partial charge in [0.15, 0.2) is 0 Å². The van der Waals surface area contributed by atoms with Crippen molar-refractivity contribution in [3.05, 3.63) is 23.7 Å². The van der Waals surface area contributed by atoms with E-state index in [-0.39, 0.29) is 5.92 Å². The maximum atomic E-state index is 8.54. The topological polar surface area (TPSA) is 33.0 Å². The summed E-state index contributed by atoms with van der Waals surface area (Å²) in [4.78, 5) is 0. The van der Waals surface area contributed by atoms with Crippen molar-refractivity contribution in [2.24, 2.45) is 5.92 Å². The van der Waals surface area contributed by atoms with Gasteiger partial charge in [-0.25, -0.2) is 0 Å². The minimum Gasteiger partial charge on any atom is -0.437 e. The average Bonchev–Trinajstić information content (AvgIpc) is 2.07. The molecule has 0 aromatic carbocycles. The van der Waals surface area contributed by atoms with Crippen LogP contribution in [0.1, 0.15) is 6.42 Å². The number of hydrogen-bond acceptors (Lipinski definition) is 2. The van der Waals surface area contributed by atoms with Crippen molar-refractivity contribution in [1.82, 2.24) is 0 Å². The monoisotopic (exact) mass is 146 g/mol. The summed E-state index contributed by atoms with van der Waals surface area (Å²) in [6.45, 7) is 0. The molecule has 1 atom stereocenters. The molecule has 0 fully saturated rings. The van der Waals surface area contributed by atoms with E-state index in [1.807, 2.05) is 18.2 Å². The highest BCUT2D eigenvalue weighted by atomic mass is 16.4. The third-order valence-corrected chi connectivity index (χ3v) is 1.55. The number of hydrogen-bond donors (Lipinski definition) is 0. The molecule has 0 bridgehead atoms. The maximum Gasteiger partial charge on any atom is 0.329 e. The van der Waals surface area contributed by atoms with Gasteiger partial charge < -0.3 is 4.65 Å². The van der Waals surface area contributed by atoms with Gasteiger partial charge in [-0.1, -0.05) is 23.7 Å². The molecule has 0 amide bonds. The van der Waals surface area contributed by atoms with Gasteiger partial charge in [0.05, 0.1) is 12.0 Å². The Morgan fingerprint density at radius 2 is 2.64 bits per heavy atom. The fourth-order valence-electron chi connectivity index (χ4n) is 0.956. The summed E-state index contributed by atoms with van der Waals surface area (Å²) in [5, 5.41) is 8.54. The molecule has 1 aliphatic carbocycles. The van der Waals surface area contributed by atoms with Gasteiger partial charge in [-0.3, -0.25) is 0 Å². The van der Waals surface area contributed by atoms with Crippen LogP contribution in [0.25, 0.3) is 0 Å². The van der Waals surface area contributed by atoms with E-state index in [1.165, 1.54) is 0 Å². The highest BCUT2D eigenvalue weighted by Crippen LogP contribution is 2.14. The minimum absolute atomic E-state index is 0.0454. The molecular formula is C8H9BNO. The van der Waals surface area contributed by atoms with E-state index in [0.29, 0.717) is 0 Å². The Kier molecular flexibility index (Phi) is 2.94. The summed E-state index contributed by atoms with van der Waals surface area (Å²) in [6, 6.07) is 2.18. The molecule has 1 radical (unpaired) electrons. The van der Waals surface area contributed by atoms with E-state index < -0.39 is 0 Å². The molecule has 3 heteroatoms. The third-order valence-electron chi connectivity index (χ3n) is 1.55. The molecule has 2 nitrogen and oxygen atoms in total. The molecule has 0 N–H and O–H groups in total. The van der Waals surface area contributed by atoms with Gasteiger partial charge in [0.25, 0.3) is 0 Å². The van der Waals surface area contributed by atoms with E-state index in [0.717, 1.165) is 11.9 Å². The van der Waals surface area contributed by atoms with Crippen LogP contribution in [0.15, 0.2) is 23.7 Å². The zero-order valence-electron chi connectivity index (χ0n) is 6.45. The summed E-state index contributed by atoms with van der Waals surface area (Å²) in [7, 11) is 3.29. The standard InChI is InChI=1S/C8H9BNO/c1-11-9-8-4-2-7(6-10)3-5-8/h2,4-5,7H,3H2,1H3. The zero-order chi connectivity index (χ0) is 8.10. The zero-order valence-corrected chi connectivity index (χ0v) is 6.45. The number of nitriles is 1. The molecule has 55 valence electrons. The van der Waals surface area contributed by atoms with Crippen LogP contribution in [0, 0.1) is 17.2 Å². The molecule has 0 heterocycles. The summed E-state index contributed by atoms with van der Waals surface area (Å²) >= 11 is 0. The molecule has 1 aliphatic rings. The lowest BCUT2D eigenvalue weighted by atomic mass is 9.81. The van der Waals surface area contributed by atoms with Gasteiger partial charge in [-0.15, -0.1) is 0 Å². The lowest BCUT2D eigenvalue weighted by Gasteiger charge is -2.07. The lowest BCUT2D eigenvalue weighted by Crippen LogP contribution is -2.03. The highest BCUT2D eigenvalue weighted by molar-refractivity contribution is 6.39. The van der Waals surface area contributed by atoms with Crippen molar-refractivity contribution < 1.29 is 4.65 Å². The van der Waals surface area contributed by atoms with Crippen LogP contribution in [-0.4, -0.2) is 14.6 Å². The largest absolute Gasteiger partial charge is 0.437 e. The van der Waals surface area contributed by atoms with Crippen molar-refractivity contribution in [3.63, 3.8) is 0 Å². The van der Waals surface area contributed by atoms with Crippen molar-refractivity contribution >= 4 is 7.48 Å². The van der Waals surface area contributed by atoms with Crippen LogP contribution in [0.4, 0.5) is 0 Å². The first kappa shape index (κ1) is 8.09. The van der Waals surface area contributed by atoms with Gasteiger partial charge >= 0.3 is 7.48 Å². The summed E-state index contributed by atoms with van der Waals surface area (Å²) in [5.74, 6) is 0.0454. The predicted molar refractivity (Wildman–Crippen MR) is 43.7 cm³/mol. The molecule has 0 spiro atoms. The smallest absolute Gasteiger partial charge is 0.329 e. The Balaban J connectivity index is 2.47. The first-order valence-corrected chi connectivity index (χ1v) is 3.51. The van der Waals surface area contributed by atoms with Gasteiger partial charge in [0.1, 0.15) is 0 Å². The van der Waals surface area contributed by atoms with Crippen LogP contribution in [0.2, 0.25) is 0 Å². The van der Waals surface area contributed by atoms with Crippen LogP contribution in [-0.2, 0) is 4.65 Å². The number of rotatable bonds is 2. The van der Waals surface area contributed by atoms with Gasteiger partial charge in [0, 0.05) is 7.11 Å². The van der Waals surface area contributed by atoms with Crippen molar-refractivity contribution in [2.75, 3.05) is 7.11 Å². The van der Waals surface area contributed by atoms with E-state index >= 15 is 0 Å². The molecule has 11 heavy (non-hydrogen) atoms. The molecule has 0 aromatic heterocycles. The second kappa shape index (κ2) is 4.00. The third kappa shape index (κ3) is 2.25. The Morgan fingerprint density at radius 1 is 1.82 bits per heavy atom. The Bertz CT molecular complexity index is 227. The van der Waals surface area contributed by atoms with Gasteiger partial charge in [0.2, 0.25) is 0 Å². The van der Waals surface area contributed by atoms with Gasteiger partial charge in [-0.05, 0) is 6.42 Å². The average molecular weight is 146 g/mol. The Hall–Kier alpha value is -1.01. The molecule has 0 saturated heterocycles. The van der Waals surface area contributed by atoms with E-state index in [9.17, 15) is 0 Å². The SMILES string of the molecule is CO[B]C1=CCC(C#N)C=C1. The quantitative estimate of drug-likeness (QED) is 0.549. The van der Waals surface area contributed by atoms with E-state index in [4.69, 9.17) is 9.92 Å². The summed E-state index contributed by atoms with van der Waals surface area (Å²) in [6.07, 6.45) is 6.59. The Morgan fingerprint density at radius 3 is 3.09 bits per heavy atom. The molecule has 1 rings (SSSR count). The second-order valence-electron chi connectivity index (χ2n) is 2.39. The van der Waals surface area contributed by atoms with Crippen LogP contribution < -0.4 is 0 Å². The summed E-state index contributed by atoms with van der Waals surface area (Å²) in [5.41, 5.74) is 1.04. The van der Waals surface area contributed by atoms with Crippen molar-refractivity contribution in [1.29, 1.82) is 5.26 Å². The first-order chi connectivity index (χ1) is 5.36.